The molecule has 1 aromatic rings. The Morgan fingerprint density at radius 3 is 2.72 bits per heavy atom. The average molecular weight is 392 g/mol. The highest BCUT2D eigenvalue weighted by Crippen LogP contribution is 2.37. The Kier molecular flexibility index (Phi) is 5.98. The van der Waals surface area contributed by atoms with Crippen molar-refractivity contribution in [3.05, 3.63) is 23.2 Å². The van der Waals surface area contributed by atoms with E-state index in [1.807, 2.05) is 0 Å². The van der Waals surface area contributed by atoms with Crippen molar-refractivity contribution in [3.8, 4) is 5.75 Å². The number of aliphatic carboxylic acids is 1. The fraction of sp³-hybridized carbons (Fsp3) is 0.562. The number of methoxy groups -OCH3 is 1. The number of nitrogens with zero attached hydrogens (tertiary/aromatic N) is 1. The minimum atomic E-state index is -3.94. The second-order valence-corrected chi connectivity index (χ2v) is 8.77. The standard InChI is InChI=1S/C16H22ClNO6S/c1-11(9-23-3)24-13-5-4-12(17)8-14(13)25(21,22)18-7-6-16(2,10-18)15(19)20/h4-5,8,11H,6-7,9-10H2,1-3H3,(H,19,20). The van der Waals surface area contributed by atoms with Crippen LogP contribution in [0.3, 0.4) is 0 Å². The molecule has 0 saturated carbocycles. The zero-order valence-corrected chi connectivity index (χ0v) is 15.9. The Bertz CT molecular complexity index is 753. The number of rotatable bonds is 7. The molecule has 0 radical (unpaired) electrons. The van der Waals surface area contributed by atoms with E-state index in [1.165, 1.54) is 23.5 Å². The maximum Gasteiger partial charge on any atom is 0.310 e. The molecule has 1 fully saturated rings. The van der Waals surface area contributed by atoms with Crippen molar-refractivity contribution < 1.29 is 27.8 Å². The average Bonchev–Trinajstić information content (AvgIpc) is 2.94. The van der Waals surface area contributed by atoms with E-state index >= 15 is 0 Å². The summed E-state index contributed by atoms with van der Waals surface area (Å²) in [5, 5.41) is 9.58. The fourth-order valence-corrected chi connectivity index (χ4v) is 4.65. The molecule has 0 aromatic heterocycles. The van der Waals surface area contributed by atoms with Crippen LogP contribution in [0.4, 0.5) is 0 Å². The molecule has 1 heterocycles. The number of carboxylic acids is 1. The first-order valence-corrected chi connectivity index (χ1v) is 9.60. The maximum absolute atomic E-state index is 13.0. The van der Waals surface area contributed by atoms with Crippen molar-refractivity contribution in [1.29, 1.82) is 0 Å². The van der Waals surface area contributed by atoms with Crippen LogP contribution in [-0.4, -0.2) is 56.7 Å². The molecule has 1 aliphatic heterocycles. The van der Waals surface area contributed by atoms with Crippen molar-refractivity contribution in [3.63, 3.8) is 0 Å². The van der Waals surface area contributed by atoms with E-state index in [-0.39, 0.29) is 41.3 Å². The monoisotopic (exact) mass is 391 g/mol. The lowest BCUT2D eigenvalue weighted by Crippen LogP contribution is -2.35. The van der Waals surface area contributed by atoms with Gasteiger partial charge < -0.3 is 14.6 Å². The number of benzene rings is 1. The Labute approximate surface area is 152 Å². The summed E-state index contributed by atoms with van der Waals surface area (Å²) in [6.45, 7) is 3.63. The summed E-state index contributed by atoms with van der Waals surface area (Å²) in [4.78, 5) is 11.3. The summed E-state index contributed by atoms with van der Waals surface area (Å²) in [5.74, 6) is -0.848. The van der Waals surface area contributed by atoms with Crippen LogP contribution in [0.1, 0.15) is 20.3 Å². The first-order valence-electron chi connectivity index (χ1n) is 7.79. The Morgan fingerprint density at radius 1 is 1.48 bits per heavy atom. The van der Waals surface area contributed by atoms with Gasteiger partial charge >= 0.3 is 5.97 Å². The Hall–Kier alpha value is -1.35. The molecular formula is C16H22ClNO6S. The highest BCUT2D eigenvalue weighted by Gasteiger charge is 2.45. The van der Waals surface area contributed by atoms with E-state index in [0.717, 1.165) is 0 Å². The third-order valence-electron chi connectivity index (χ3n) is 4.21. The summed E-state index contributed by atoms with van der Waals surface area (Å²) >= 11 is 5.98. The summed E-state index contributed by atoms with van der Waals surface area (Å²) in [5.41, 5.74) is -1.10. The van der Waals surface area contributed by atoms with Gasteiger partial charge in [-0.15, -0.1) is 0 Å². The lowest BCUT2D eigenvalue weighted by atomic mass is 9.90. The summed E-state index contributed by atoms with van der Waals surface area (Å²) in [7, 11) is -2.41. The third-order valence-corrected chi connectivity index (χ3v) is 6.31. The first kappa shape index (κ1) is 20.0. The molecule has 9 heteroatoms. The van der Waals surface area contributed by atoms with E-state index in [9.17, 15) is 18.3 Å². The molecule has 2 atom stereocenters. The minimum Gasteiger partial charge on any atom is -0.487 e. The van der Waals surface area contributed by atoms with Crippen molar-refractivity contribution in [2.75, 3.05) is 26.8 Å². The van der Waals surface area contributed by atoms with E-state index in [0.29, 0.717) is 6.61 Å². The van der Waals surface area contributed by atoms with Crippen LogP contribution in [0.15, 0.2) is 23.1 Å². The van der Waals surface area contributed by atoms with E-state index in [4.69, 9.17) is 21.1 Å². The van der Waals surface area contributed by atoms with Gasteiger partial charge in [-0.3, -0.25) is 4.79 Å². The van der Waals surface area contributed by atoms with Gasteiger partial charge in [0.25, 0.3) is 0 Å². The summed E-state index contributed by atoms with van der Waals surface area (Å²) < 4.78 is 37.9. The van der Waals surface area contributed by atoms with Crippen LogP contribution in [-0.2, 0) is 19.6 Å². The molecule has 2 rings (SSSR count). The lowest BCUT2D eigenvalue weighted by Gasteiger charge is -2.22. The largest absolute Gasteiger partial charge is 0.487 e. The van der Waals surface area contributed by atoms with Gasteiger partial charge in [0.1, 0.15) is 16.7 Å². The smallest absolute Gasteiger partial charge is 0.310 e. The maximum atomic E-state index is 13.0. The van der Waals surface area contributed by atoms with Gasteiger partial charge in [-0.05, 0) is 38.5 Å². The molecule has 2 unspecified atom stereocenters. The topological polar surface area (TPSA) is 93.1 Å². The molecule has 0 amide bonds. The summed E-state index contributed by atoms with van der Waals surface area (Å²) in [6, 6.07) is 4.36. The molecule has 1 aliphatic rings. The third kappa shape index (κ3) is 4.25. The molecule has 7 nitrogen and oxygen atoms in total. The van der Waals surface area contributed by atoms with Gasteiger partial charge in [-0.25, -0.2) is 8.42 Å². The first-order chi connectivity index (χ1) is 11.6. The van der Waals surface area contributed by atoms with Gasteiger partial charge in [-0.2, -0.15) is 4.31 Å². The van der Waals surface area contributed by atoms with Crippen LogP contribution >= 0.6 is 11.6 Å². The molecule has 0 bridgehead atoms. The highest BCUT2D eigenvalue weighted by atomic mass is 35.5. The number of halogens is 1. The minimum absolute atomic E-state index is 0.0717. The molecule has 1 saturated heterocycles. The van der Waals surface area contributed by atoms with Gasteiger partial charge in [0.15, 0.2) is 0 Å². The van der Waals surface area contributed by atoms with Crippen LogP contribution in [0.25, 0.3) is 0 Å². The van der Waals surface area contributed by atoms with Gasteiger partial charge in [0, 0.05) is 25.2 Å². The lowest BCUT2D eigenvalue weighted by molar-refractivity contribution is -0.146. The van der Waals surface area contributed by atoms with Gasteiger partial charge in [0.2, 0.25) is 10.0 Å². The molecular weight excluding hydrogens is 370 g/mol. The molecule has 1 aromatic carbocycles. The predicted molar refractivity (Wildman–Crippen MR) is 92.5 cm³/mol. The number of hydrogen-bond acceptors (Lipinski definition) is 5. The molecule has 140 valence electrons. The van der Waals surface area contributed by atoms with Crippen LogP contribution in [0.5, 0.6) is 5.75 Å². The van der Waals surface area contributed by atoms with E-state index < -0.39 is 21.4 Å². The predicted octanol–water partition coefficient (Wildman–Crippen LogP) is 2.24. The zero-order chi connectivity index (χ0) is 18.8. The number of hydrogen-bond donors (Lipinski definition) is 1. The van der Waals surface area contributed by atoms with E-state index in [1.54, 1.807) is 19.9 Å². The number of carbonyl (C=O) groups is 1. The SMILES string of the molecule is COCC(C)Oc1ccc(Cl)cc1S(=O)(=O)N1CCC(C)(C(=O)O)C1. The van der Waals surface area contributed by atoms with Gasteiger partial charge in [-0.1, -0.05) is 11.6 Å². The molecule has 0 spiro atoms. The normalized spacial score (nSPS) is 22.7. The quantitative estimate of drug-likeness (QED) is 0.766. The number of carboxylic acid groups (broad SMARTS) is 1. The molecule has 0 aliphatic carbocycles. The summed E-state index contributed by atoms with van der Waals surface area (Å²) in [6.07, 6.45) is -0.110. The second-order valence-electron chi connectivity index (χ2n) is 6.43. The van der Waals surface area contributed by atoms with Crippen LogP contribution < -0.4 is 4.74 Å². The Balaban J connectivity index is 2.36. The fourth-order valence-electron chi connectivity index (χ4n) is 2.70. The molecule has 1 N–H and O–H groups in total. The Morgan fingerprint density at radius 2 is 2.16 bits per heavy atom. The van der Waals surface area contributed by atoms with Crippen molar-refractivity contribution in [2.45, 2.75) is 31.3 Å². The van der Waals surface area contributed by atoms with Crippen molar-refractivity contribution in [2.24, 2.45) is 5.41 Å². The van der Waals surface area contributed by atoms with Crippen molar-refractivity contribution in [1.82, 2.24) is 4.31 Å². The van der Waals surface area contributed by atoms with Crippen LogP contribution in [0.2, 0.25) is 5.02 Å². The second kappa shape index (κ2) is 7.49. The number of ether oxygens (including phenoxy) is 2. The molecule has 25 heavy (non-hydrogen) atoms. The van der Waals surface area contributed by atoms with Crippen LogP contribution in [0, 0.1) is 5.41 Å². The zero-order valence-electron chi connectivity index (χ0n) is 14.4. The van der Waals surface area contributed by atoms with Gasteiger partial charge in [0.05, 0.1) is 12.0 Å². The highest BCUT2D eigenvalue weighted by molar-refractivity contribution is 7.89. The van der Waals surface area contributed by atoms with Crippen molar-refractivity contribution >= 4 is 27.6 Å². The van der Waals surface area contributed by atoms with E-state index in [2.05, 4.69) is 0 Å². The number of sulfonamides is 1.